The van der Waals surface area contributed by atoms with Gasteiger partial charge in [-0.05, 0) is 0 Å². The molecule has 0 aromatic heterocycles. The van der Waals surface area contributed by atoms with Crippen LogP contribution in [0.1, 0.15) is 0 Å². The molecule has 5 heteroatoms. The van der Waals surface area contributed by atoms with E-state index in [1.54, 1.807) is 14.2 Å². The Morgan fingerprint density at radius 3 is 2.27 bits per heavy atom. The molecule has 0 spiro atoms. The van der Waals surface area contributed by atoms with E-state index in [0.717, 1.165) is 0 Å². The van der Waals surface area contributed by atoms with Crippen LogP contribution >= 0.6 is 15.9 Å². The fraction of sp³-hybridized carbons (Fsp3) is 0.833. The molecule has 4 nitrogen and oxygen atoms in total. The number of hydrogen-bond donors (Lipinski definition) is 1. The molecule has 0 amide bonds. The van der Waals surface area contributed by atoms with Gasteiger partial charge in [-0.15, -0.1) is 0 Å². The topological polar surface area (TPSA) is 55.8 Å². The van der Waals surface area contributed by atoms with E-state index in [2.05, 4.69) is 25.4 Å². The number of methoxy groups -OCH3 is 1. The third-order valence-electron chi connectivity index (χ3n) is 0.463. The van der Waals surface area contributed by atoms with Crippen molar-refractivity contribution in [3.8, 4) is 0 Å². The van der Waals surface area contributed by atoms with Gasteiger partial charge in [-0.3, -0.25) is 4.79 Å². The van der Waals surface area contributed by atoms with Crippen molar-refractivity contribution in [3.63, 3.8) is 0 Å². The average molecular weight is 229 g/mol. The van der Waals surface area contributed by atoms with Crippen LogP contribution in [0.3, 0.4) is 0 Å². The zero-order chi connectivity index (χ0) is 9.11. The Hall–Kier alpha value is -0.130. The Morgan fingerprint density at radius 2 is 2.00 bits per heavy atom. The summed E-state index contributed by atoms with van der Waals surface area (Å²) in [6, 6.07) is 0. The molecule has 0 atom stereocenters. The standard InChI is InChI=1S/C4H7BrO3.C2H6O/c5-3-4(7)8-2-1-6;1-3-2/h6H,1-3H2;1-2H3. The van der Waals surface area contributed by atoms with E-state index in [-0.39, 0.29) is 24.5 Å². The van der Waals surface area contributed by atoms with E-state index >= 15 is 0 Å². The Labute approximate surface area is 74.6 Å². The highest BCUT2D eigenvalue weighted by Gasteiger charge is 1.95. The van der Waals surface area contributed by atoms with Crippen LogP contribution in [0.5, 0.6) is 0 Å². The highest BCUT2D eigenvalue weighted by atomic mass is 79.9. The molecule has 0 heterocycles. The molecule has 0 unspecified atom stereocenters. The number of ether oxygens (including phenoxy) is 2. The van der Waals surface area contributed by atoms with Gasteiger partial charge in [0.15, 0.2) is 0 Å². The summed E-state index contributed by atoms with van der Waals surface area (Å²) < 4.78 is 8.65. The molecule has 0 fully saturated rings. The lowest BCUT2D eigenvalue weighted by Crippen LogP contribution is -2.08. The van der Waals surface area contributed by atoms with Crippen molar-refractivity contribution in [3.05, 3.63) is 0 Å². The van der Waals surface area contributed by atoms with Crippen molar-refractivity contribution in [2.75, 3.05) is 32.8 Å². The largest absolute Gasteiger partial charge is 0.463 e. The predicted molar refractivity (Wildman–Crippen MR) is 44.8 cm³/mol. The van der Waals surface area contributed by atoms with Crippen molar-refractivity contribution < 1.29 is 19.4 Å². The van der Waals surface area contributed by atoms with Crippen LogP contribution < -0.4 is 0 Å². The highest BCUT2D eigenvalue weighted by Crippen LogP contribution is 1.83. The molecule has 0 aromatic rings. The predicted octanol–water partition coefficient (Wildman–Crippen LogP) is 0.179. The number of carbonyl (C=O) groups is 1. The van der Waals surface area contributed by atoms with Crippen LogP contribution in [0.2, 0.25) is 0 Å². The fourth-order valence-electron chi connectivity index (χ4n) is 0.198. The summed E-state index contributed by atoms with van der Waals surface area (Å²) in [5.41, 5.74) is 0. The molecule has 11 heavy (non-hydrogen) atoms. The first-order valence-electron chi connectivity index (χ1n) is 2.95. The Bertz CT molecular complexity index is 86.7. The molecule has 0 aliphatic carbocycles. The molecule has 0 saturated heterocycles. The van der Waals surface area contributed by atoms with E-state index < -0.39 is 0 Å². The second-order valence-electron chi connectivity index (χ2n) is 1.49. The molecule has 0 aromatic carbocycles. The minimum absolute atomic E-state index is 0.0877. The molecule has 0 saturated carbocycles. The number of aliphatic hydroxyl groups excluding tert-OH is 1. The van der Waals surface area contributed by atoms with Crippen molar-refractivity contribution in [1.29, 1.82) is 0 Å². The second kappa shape index (κ2) is 12.5. The second-order valence-corrected chi connectivity index (χ2v) is 2.05. The SMILES string of the molecule is COC.O=C(CBr)OCCO. The van der Waals surface area contributed by atoms with E-state index in [4.69, 9.17) is 5.11 Å². The normalized spacial score (nSPS) is 8.00. The minimum Gasteiger partial charge on any atom is -0.463 e. The van der Waals surface area contributed by atoms with Crippen molar-refractivity contribution >= 4 is 21.9 Å². The van der Waals surface area contributed by atoms with Crippen molar-refractivity contribution in [2.45, 2.75) is 0 Å². The van der Waals surface area contributed by atoms with Gasteiger partial charge >= 0.3 is 5.97 Å². The van der Waals surface area contributed by atoms with Gasteiger partial charge in [0.25, 0.3) is 0 Å². The van der Waals surface area contributed by atoms with Gasteiger partial charge in [0.05, 0.1) is 6.61 Å². The Morgan fingerprint density at radius 1 is 1.55 bits per heavy atom. The molecule has 0 aliphatic rings. The third-order valence-corrected chi connectivity index (χ3v) is 0.921. The monoisotopic (exact) mass is 228 g/mol. The van der Waals surface area contributed by atoms with Crippen LogP contribution in [0, 0.1) is 0 Å². The minimum atomic E-state index is -0.348. The van der Waals surface area contributed by atoms with Crippen molar-refractivity contribution in [2.24, 2.45) is 0 Å². The summed E-state index contributed by atoms with van der Waals surface area (Å²) in [6.45, 7) is -0.0246. The number of hydrogen-bond acceptors (Lipinski definition) is 4. The molecule has 0 radical (unpaired) electrons. The zero-order valence-corrected chi connectivity index (χ0v) is 8.26. The summed E-state index contributed by atoms with van der Waals surface area (Å²) in [6.07, 6.45) is 0. The zero-order valence-electron chi connectivity index (χ0n) is 6.67. The first-order valence-corrected chi connectivity index (χ1v) is 4.07. The smallest absolute Gasteiger partial charge is 0.316 e. The molecule has 0 rings (SSSR count). The molecule has 0 aliphatic heterocycles. The molecule has 0 bridgehead atoms. The molecule has 1 N–H and O–H groups in total. The maximum absolute atomic E-state index is 10.2. The Kier molecular flexibility index (Phi) is 15.3. The lowest BCUT2D eigenvalue weighted by atomic mass is 10.7. The van der Waals surface area contributed by atoms with E-state index in [9.17, 15) is 4.79 Å². The Balaban J connectivity index is 0. The fourth-order valence-corrected chi connectivity index (χ4v) is 0.360. The van der Waals surface area contributed by atoms with Gasteiger partial charge in [-0.25, -0.2) is 0 Å². The van der Waals surface area contributed by atoms with Gasteiger partial charge in [-0.1, -0.05) is 15.9 Å². The number of alkyl halides is 1. The number of esters is 1. The van der Waals surface area contributed by atoms with E-state index in [1.807, 2.05) is 0 Å². The number of aliphatic hydroxyl groups is 1. The average Bonchev–Trinajstić information content (AvgIpc) is 2.02. The first kappa shape index (κ1) is 13.5. The van der Waals surface area contributed by atoms with Gasteiger partial charge in [0, 0.05) is 14.2 Å². The molecule has 68 valence electrons. The van der Waals surface area contributed by atoms with Crippen LogP contribution in [0.4, 0.5) is 0 Å². The lowest BCUT2D eigenvalue weighted by molar-refractivity contribution is -0.141. The maximum atomic E-state index is 10.2. The van der Waals surface area contributed by atoms with Crippen LogP contribution in [-0.2, 0) is 14.3 Å². The van der Waals surface area contributed by atoms with E-state index in [1.165, 1.54) is 0 Å². The number of carbonyl (C=O) groups excluding carboxylic acids is 1. The van der Waals surface area contributed by atoms with Crippen LogP contribution in [0.15, 0.2) is 0 Å². The lowest BCUT2D eigenvalue weighted by Gasteiger charge is -1.96. The van der Waals surface area contributed by atoms with Gasteiger partial charge in [0.2, 0.25) is 0 Å². The van der Waals surface area contributed by atoms with Crippen LogP contribution in [0.25, 0.3) is 0 Å². The van der Waals surface area contributed by atoms with Gasteiger partial charge in [-0.2, -0.15) is 0 Å². The summed E-state index contributed by atoms with van der Waals surface area (Å²) in [7, 11) is 3.25. The van der Waals surface area contributed by atoms with Gasteiger partial charge in [0.1, 0.15) is 11.9 Å². The van der Waals surface area contributed by atoms with E-state index in [0.29, 0.717) is 0 Å². The summed E-state index contributed by atoms with van der Waals surface area (Å²) >= 11 is 2.89. The molecular formula is C6H13BrO4. The number of rotatable bonds is 3. The quantitative estimate of drug-likeness (QED) is 0.554. The highest BCUT2D eigenvalue weighted by molar-refractivity contribution is 9.09. The molecular weight excluding hydrogens is 216 g/mol. The third kappa shape index (κ3) is 17.7. The summed E-state index contributed by atoms with van der Waals surface area (Å²) in [4.78, 5) is 10.2. The first-order chi connectivity index (χ1) is 5.22. The van der Waals surface area contributed by atoms with Gasteiger partial charge < -0.3 is 14.6 Å². The maximum Gasteiger partial charge on any atom is 0.316 e. The van der Waals surface area contributed by atoms with Crippen LogP contribution in [-0.4, -0.2) is 43.8 Å². The summed E-state index contributed by atoms with van der Waals surface area (Å²) in [5, 5.41) is 8.31. The number of halogens is 1. The van der Waals surface area contributed by atoms with Crippen molar-refractivity contribution in [1.82, 2.24) is 0 Å². The summed E-state index contributed by atoms with van der Waals surface area (Å²) in [5.74, 6) is -0.348.